The van der Waals surface area contributed by atoms with Crippen molar-refractivity contribution in [1.82, 2.24) is 5.32 Å². The summed E-state index contributed by atoms with van der Waals surface area (Å²) in [5.74, 6) is 0.252. The van der Waals surface area contributed by atoms with Crippen molar-refractivity contribution in [3.05, 3.63) is 89.0 Å². The lowest BCUT2D eigenvalue weighted by molar-refractivity contribution is -0.915. The zero-order valence-corrected chi connectivity index (χ0v) is 29.0. The van der Waals surface area contributed by atoms with E-state index in [0.29, 0.717) is 29.9 Å². The molecular weight excluding hydrogens is 595 g/mol. The molecular formula is C38H54N3O4S+. The van der Waals surface area contributed by atoms with E-state index in [0.717, 1.165) is 81.0 Å². The molecule has 3 aromatic carbocycles. The number of ether oxygens (including phenoxy) is 1. The van der Waals surface area contributed by atoms with Crippen LogP contribution < -0.4 is 19.9 Å². The molecule has 0 unspecified atom stereocenters. The number of aliphatic hydroxyl groups excluding tert-OH is 1. The summed E-state index contributed by atoms with van der Waals surface area (Å²) in [4.78, 5) is 3.95. The molecule has 3 aromatic rings. The lowest BCUT2D eigenvalue weighted by Crippen LogP contribution is -3.13. The van der Waals surface area contributed by atoms with Gasteiger partial charge in [-0.2, -0.15) is 0 Å². The number of fused-ring (bicyclic) bond motifs is 1. The highest BCUT2D eigenvalue weighted by atomic mass is 32.2. The van der Waals surface area contributed by atoms with Crippen molar-refractivity contribution in [3.63, 3.8) is 0 Å². The molecule has 5 rings (SSSR count). The third-order valence-corrected chi connectivity index (χ3v) is 12.1. The number of benzene rings is 3. The fourth-order valence-electron chi connectivity index (χ4n) is 7.33. The SMILES string of the molecule is CCCCC1(CCCC)CS(=O)(=O)c2ccc(N(C)C)cc2[C@@H](c2ccc(OCc3ccc(C[NH+]4CCNCC4)cc3)cc2)[C@H]1O. The molecule has 2 aliphatic rings. The fourth-order valence-corrected chi connectivity index (χ4v) is 9.52. The van der Waals surface area contributed by atoms with Gasteiger partial charge in [-0.1, -0.05) is 75.9 Å². The maximum atomic E-state index is 14.1. The van der Waals surface area contributed by atoms with Crippen LogP contribution in [0.4, 0.5) is 5.69 Å². The van der Waals surface area contributed by atoms with Gasteiger partial charge < -0.3 is 25.0 Å². The van der Waals surface area contributed by atoms with Crippen LogP contribution in [0.25, 0.3) is 0 Å². The van der Waals surface area contributed by atoms with Crippen LogP contribution in [-0.2, 0) is 23.0 Å². The van der Waals surface area contributed by atoms with Crippen LogP contribution >= 0.6 is 0 Å². The predicted octanol–water partition coefficient (Wildman–Crippen LogP) is 4.97. The molecule has 0 amide bonds. The molecule has 0 saturated carbocycles. The number of anilines is 1. The predicted molar refractivity (Wildman–Crippen MR) is 187 cm³/mol. The molecule has 0 radical (unpaired) electrons. The fraction of sp³-hybridized carbons (Fsp3) is 0.526. The number of quaternary nitrogens is 1. The number of sulfone groups is 1. The van der Waals surface area contributed by atoms with Crippen molar-refractivity contribution in [2.75, 3.05) is 50.9 Å². The smallest absolute Gasteiger partial charge is 0.179 e. The Balaban J connectivity index is 1.41. The van der Waals surface area contributed by atoms with Crippen molar-refractivity contribution in [2.24, 2.45) is 5.41 Å². The Bertz CT molecular complexity index is 1510. The Labute approximate surface area is 276 Å². The van der Waals surface area contributed by atoms with Gasteiger partial charge in [0.15, 0.2) is 9.84 Å². The van der Waals surface area contributed by atoms with E-state index in [1.54, 1.807) is 11.0 Å². The first kappa shape index (κ1) is 34.4. The molecule has 1 saturated heterocycles. The molecule has 0 spiro atoms. The van der Waals surface area contributed by atoms with Crippen LogP contribution in [-0.4, -0.2) is 65.7 Å². The molecule has 2 atom stereocenters. The van der Waals surface area contributed by atoms with E-state index in [2.05, 4.69) is 43.4 Å². The van der Waals surface area contributed by atoms with Gasteiger partial charge in [-0.05, 0) is 59.9 Å². The van der Waals surface area contributed by atoms with Gasteiger partial charge in [-0.25, -0.2) is 8.42 Å². The molecule has 3 N–H and O–H groups in total. The molecule has 0 bridgehead atoms. The average molecular weight is 649 g/mol. The molecule has 0 aromatic heterocycles. The number of piperazine rings is 1. The second-order valence-corrected chi connectivity index (χ2v) is 15.7. The van der Waals surface area contributed by atoms with Crippen molar-refractivity contribution < 1.29 is 23.2 Å². The van der Waals surface area contributed by atoms with E-state index >= 15 is 0 Å². The summed E-state index contributed by atoms with van der Waals surface area (Å²) in [6.45, 7) is 10.3. The standard InChI is InChI=1S/C38H53N3O4S/c1-5-7-19-38(20-8-6-2)28-46(43,44)35-18-15-32(40(3)4)25-34(35)36(37(38)42)31-13-16-33(17-14-31)45-27-30-11-9-29(10-12-30)26-41-23-21-39-22-24-41/h9-18,25,36-37,39,42H,5-8,19-24,26-28H2,1-4H3/p+1/t36-,37-/m1/s1. The Morgan fingerprint density at radius 1 is 0.913 bits per heavy atom. The van der Waals surface area contributed by atoms with Crippen molar-refractivity contribution in [1.29, 1.82) is 0 Å². The maximum Gasteiger partial charge on any atom is 0.179 e. The molecule has 0 aliphatic carbocycles. The van der Waals surface area contributed by atoms with E-state index in [-0.39, 0.29) is 5.75 Å². The number of nitrogens with one attached hydrogen (secondary N) is 2. The monoisotopic (exact) mass is 648 g/mol. The summed E-state index contributed by atoms with van der Waals surface area (Å²) >= 11 is 0. The van der Waals surface area contributed by atoms with E-state index in [4.69, 9.17) is 4.74 Å². The lowest BCUT2D eigenvalue weighted by atomic mass is 9.68. The van der Waals surface area contributed by atoms with E-state index in [9.17, 15) is 13.5 Å². The second kappa shape index (κ2) is 15.3. The highest BCUT2D eigenvalue weighted by Crippen LogP contribution is 2.50. The van der Waals surface area contributed by atoms with Crippen LogP contribution in [0.5, 0.6) is 5.75 Å². The number of hydrogen-bond donors (Lipinski definition) is 3. The van der Waals surface area contributed by atoms with Gasteiger partial charge in [-0.15, -0.1) is 0 Å². The summed E-state index contributed by atoms with van der Waals surface area (Å²) in [7, 11) is 0.284. The lowest BCUT2D eigenvalue weighted by Gasteiger charge is -2.40. The zero-order chi connectivity index (χ0) is 32.7. The molecule has 1 fully saturated rings. The van der Waals surface area contributed by atoms with Crippen LogP contribution in [0.15, 0.2) is 71.6 Å². The van der Waals surface area contributed by atoms with Crippen molar-refractivity contribution in [3.8, 4) is 5.75 Å². The van der Waals surface area contributed by atoms with Crippen molar-refractivity contribution >= 4 is 15.5 Å². The minimum absolute atomic E-state index is 0.0253. The second-order valence-electron chi connectivity index (χ2n) is 13.7. The van der Waals surface area contributed by atoms with Crippen LogP contribution in [0.2, 0.25) is 0 Å². The molecule has 250 valence electrons. The number of rotatable bonds is 13. The summed E-state index contributed by atoms with van der Waals surface area (Å²) in [6, 6.07) is 22.3. The summed E-state index contributed by atoms with van der Waals surface area (Å²) < 4.78 is 34.4. The van der Waals surface area contributed by atoms with Gasteiger partial charge in [0.2, 0.25) is 0 Å². The average Bonchev–Trinajstić information content (AvgIpc) is 3.13. The quantitative estimate of drug-likeness (QED) is 0.243. The van der Waals surface area contributed by atoms with E-state index < -0.39 is 27.3 Å². The third kappa shape index (κ3) is 7.96. The summed E-state index contributed by atoms with van der Waals surface area (Å²) in [5, 5.41) is 15.8. The van der Waals surface area contributed by atoms with Crippen LogP contribution in [0.1, 0.15) is 80.5 Å². The zero-order valence-electron chi connectivity index (χ0n) is 28.2. The van der Waals surface area contributed by atoms with Crippen LogP contribution in [0.3, 0.4) is 0 Å². The topological polar surface area (TPSA) is 83.3 Å². The number of nitrogens with zero attached hydrogens (tertiary/aromatic N) is 1. The maximum absolute atomic E-state index is 14.1. The van der Waals surface area contributed by atoms with Gasteiger partial charge >= 0.3 is 0 Å². The van der Waals surface area contributed by atoms with E-state index in [1.807, 2.05) is 55.4 Å². The number of hydrogen-bond acceptors (Lipinski definition) is 6. The first-order valence-electron chi connectivity index (χ1n) is 17.2. The van der Waals surface area contributed by atoms with E-state index in [1.165, 1.54) is 5.56 Å². The number of aliphatic hydroxyl groups is 1. The minimum atomic E-state index is -3.63. The number of unbranched alkanes of at least 4 members (excludes halogenated alkanes) is 2. The highest BCUT2D eigenvalue weighted by molar-refractivity contribution is 7.91. The van der Waals surface area contributed by atoms with Gasteiger partial charge in [0, 0.05) is 49.8 Å². The van der Waals surface area contributed by atoms with Crippen molar-refractivity contribution in [2.45, 2.75) is 82.4 Å². The van der Waals surface area contributed by atoms with Gasteiger partial charge in [0.1, 0.15) is 18.9 Å². The molecule has 2 aliphatic heterocycles. The minimum Gasteiger partial charge on any atom is -0.489 e. The van der Waals surface area contributed by atoms with Gasteiger partial charge in [-0.3, -0.25) is 0 Å². The van der Waals surface area contributed by atoms with Gasteiger partial charge in [0.25, 0.3) is 0 Å². The normalized spacial score (nSPS) is 20.9. The van der Waals surface area contributed by atoms with Crippen LogP contribution in [0, 0.1) is 5.41 Å². The Morgan fingerprint density at radius 3 is 2.15 bits per heavy atom. The third-order valence-electron chi connectivity index (χ3n) is 10.1. The highest BCUT2D eigenvalue weighted by Gasteiger charge is 2.49. The molecule has 7 nitrogen and oxygen atoms in total. The first-order chi connectivity index (χ1) is 22.2. The largest absolute Gasteiger partial charge is 0.489 e. The van der Waals surface area contributed by atoms with Gasteiger partial charge in [0.05, 0.1) is 29.8 Å². The molecule has 46 heavy (non-hydrogen) atoms. The Kier molecular flexibility index (Phi) is 11.5. The molecule has 2 heterocycles. The Hall–Kier alpha value is -2.91. The molecule has 8 heteroatoms. The first-order valence-corrected chi connectivity index (χ1v) is 18.9. The summed E-state index contributed by atoms with van der Waals surface area (Å²) in [6.07, 6.45) is 4.20. The Morgan fingerprint density at radius 2 is 1.54 bits per heavy atom. The summed E-state index contributed by atoms with van der Waals surface area (Å²) in [5.41, 5.74) is 4.26.